The van der Waals surface area contributed by atoms with Gasteiger partial charge >= 0.3 is 0 Å². The summed E-state index contributed by atoms with van der Waals surface area (Å²) in [7, 11) is 1.68. The fourth-order valence-corrected chi connectivity index (χ4v) is 1.22. The highest BCUT2D eigenvalue weighted by molar-refractivity contribution is 9.10. The molecule has 1 aromatic rings. The molecule has 0 saturated heterocycles. The van der Waals surface area contributed by atoms with E-state index >= 15 is 0 Å². The summed E-state index contributed by atoms with van der Waals surface area (Å²) in [5.41, 5.74) is 0. The second-order valence-corrected chi connectivity index (χ2v) is 3.73. The summed E-state index contributed by atoms with van der Waals surface area (Å²) in [4.78, 5) is 0. The summed E-state index contributed by atoms with van der Waals surface area (Å²) in [6, 6.07) is 7.76. The number of rotatable bonds is 4. The number of halogens is 1. The Kier molecular flexibility index (Phi) is 4.25. The first-order valence-corrected chi connectivity index (χ1v) is 4.93. The third-order valence-corrected chi connectivity index (χ3v) is 2.18. The van der Waals surface area contributed by atoms with Gasteiger partial charge in [-0.15, -0.1) is 0 Å². The summed E-state index contributed by atoms with van der Waals surface area (Å²) in [6.45, 7) is 2.55. The number of benzene rings is 1. The molecule has 1 atom stereocenters. The van der Waals surface area contributed by atoms with Crippen molar-refractivity contribution < 1.29 is 9.47 Å². The third kappa shape index (κ3) is 3.79. The lowest BCUT2D eigenvalue weighted by Crippen LogP contribution is -2.15. The van der Waals surface area contributed by atoms with Gasteiger partial charge in [0.15, 0.2) is 0 Å². The van der Waals surface area contributed by atoms with Gasteiger partial charge in [0.05, 0.1) is 6.10 Å². The fourth-order valence-electron chi connectivity index (χ4n) is 0.838. The van der Waals surface area contributed by atoms with Crippen LogP contribution in [0.5, 0.6) is 5.75 Å². The zero-order valence-corrected chi connectivity index (χ0v) is 9.37. The average Bonchev–Trinajstić information content (AvgIpc) is 2.14. The molecule has 72 valence electrons. The van der Waals surface area contributed by atoms with Gasteiger partial charge in [-0.3, -0.25) is 0 Å². The lowest BCUT2D eigenvalue weighted by Gasteiger charge is -2.11. The van der Waals surface area contributed by atoms with Crippen LogP contribution < -0.4 is 4.74 Å². The molecular weight excluding hydrogens is 232 g/mol. The first kappa shape index (κ1) is 10.5. The minimum absolute atomic E-state index is 0.124. The Morgan fingerprint density at radius 3 is 2.85 bits per heavy atom. The predicted molar refractivity (Wildman–Crippen MR) is 56.1 cm³/mol. The van der Waals surface area contributed by atoms with E-state index in [1.807, 2.05) is 31.2 Å². The highest BCUT2D eigenvalue weighted by atomic mass is 79.9. The molecule has 2 nitrogen and oxygen atoms in total. The molecule has 0 N–H and O–H groups in total. The Labute approximate surface area is 87.0 Å². The van der Waals surface area contributed by atoms with Crippen LogP contribution in [0.1, 0.15) is 6.92 Å². The van der Waals surface area contributed by atoms with Gasteiger partial charge in [0.1, 0.15) is 12.4 Å². The Balaban J connectivity index is 2.45. The van der Waals surface area contributed by atoms with Crippen LogP contribution in [0, 0.1) is 0 Å². The van der Waals surface area contributed by atoms with Crippen LogP contribution in [0.4, 0.5) is 0 Å². The number of hydrogen-bond donors (Lipinski definition) is 0. The molecule has 0 saturated carbocycles. The molecule has 0 aliphatic rings. The fraction of sp³-hybridized carbons (Fsp3) is 0.400. The molecule has 13 heavy (non-hydrogen) atoms. The van der Waals surface area contributed by atoms with Gasteiger partial charge in [-0.05, 0) is 25.1 Å². The van der Waals surface area contributed by atoms with E-state index in [0.29, 0.717) is 6.61 Å². The van der Waals surface area contributed by atoms with Crippen molar-refractivity contribution in [1.29, 1.82) is 0 Å². The van der Waals surface area contributed by atoms with Gasteiger partial charge in [-0.25, -0.2) is 0 Å². The molecule has 0 aliphatic heterocycles. The van der Waals surface area contributed by atoms with E-state index in [1.54, 1.807) is 7.11 Å². The Morgan fingerprint density at radius 1 is 1.46 bits per heavy atom. The van der Waals surface area contributed by atoms with Crippen LogP contribution in [0.2, 0.25) is 0 Å². The van der Waals surface area contributed by atoms with Crippen molar-refractivity contribution in [3.8, 4) is 5.75 Å². The minimum atomic E-state index is 0.124. The second-order valence-electron chi connectivity index (χ2n) is 2.81. The zero-order valence-electron chi connectivity index (χ0n) is 7.79. The van der Waals surface area contributed by atoms with Gasteiger partial charge in [0.25, 0.3) is 0 Å². The largest absolute Gasteiger partial charge is 0.491 e. The van der Waals surface area contributed by atoms with Crippen LogP contribution in [0.3, 0.4) is 0 Å². The normalized spacial score (nSPS) is 12.5. The number of hydrogen-bond acceptors (Lipinski definition) is 2. The van der Waals surface area contributed by atoms with E-state index in [4.69, 9.17) is 9.47 Å². The molecule has 0 radical (unpaired) electrons. The highest BCUT2D eigenvalue weighted by Crippen LogP contribution is 2.17. The molecule has 0 aliphatic carbocycles. The maximum Gasteiger partial charge on any atom is 0.120 e. The van der Waals surface area contributed by atoms with Crippen LogP contribution in [0.25, 0.3) is 0 Å². The van der Waals surface area contributed by atoms with Gasteiger partial charge in [0, 0.05) is 11.6 Å². The van der Waals surface area contributed by atoms with Crippen molar-refractivity contribution in [2.75, 3.05) is 13.7 Å². The first-order chi connectivity index (χ1) is 6.22. The number of methoxy groups -OCH3 is 1. The summed E-state index contributed by atoms with van der Waals surface area (Å²) in [5, 5.41) is 0. The quantitative estimate of drug-likeness (QED) is 0.812. The summed E-state index contributed by atoms with van der Waals surface area (Å²) < 4.78 is 11.6. The lowest BCUT2D eigenvalue weighted by molar-refractivity contribution is 0.0716. The Morgan fingerprint density at radius 2 is 2.23 bits per heavy atom. The van der Waals surface area contributed by atoms with Crippen molar-refractivity contribution >= 4 is 15.9 Å². The van der Waals surface area contributed by atoms with Crippen LogP contribution in [0.15, 0.2) is 28.7 Å². The summed E-state index contributed by atoms with van der Waals surface area (Å²) in [5.74, 6) is 0.860. The maximum absolute atomic E-state index is 5.48. The molecule has 0 heterocycles. The minimum Gasteiger partial charge on any atom is -0.491 e. The Hall–Kier alpha value is -0.540. The van der Waals surface area contributed by atoms with Crippen molar-refractivity contribution in [2.24, 2.45) is 0 Å². The summed E-state index contributed by atoms with van der Waals surface area (Å²) >= 11 is 3.37. The van der Waals surface area contributed by atoms with Crippen molar-refractivity contribution in [3.05, 3.63) is 28.7 Å². The molecule has 1 aromatic carbocycles. The lowest BCUT2D eigenvalue weighted by atomic mass is 10.3. The van der Waals surface area contributed by atoms with Crippen molar-refractivity contribution in [2.45, 2.75) is 13.0 Å². The highest BCUT2D eigenvalue weighted by Gasteiger charge is 2.00. The van der Waals surface area contributed by atoms with E-state index in [2.05, 4.69) is 15.9 Å². The molecule has 0 spiro atoms. The maximum atomic E-state index is 5.48. The predicted octanol–water partition coefficient (Wildman–Crippen LogP) is 2.86. The molecule has 0 amide bonds. The molecule has 0 fully saturated rings. The van der Waals surface area contributed by atoms with Crippen molar-refractivity contribution in [3.63, 3.8) is 0 Å². The first-order valence-electron chi connectivity index (χ1n) is 4.13. The van der Waals surface area contributed by atoms with Gasteiger partial charge in [0.2, 0.25) is 0 Å². The van der Waals surface area contributed by atoms with Gasteiger partial charge in [-0.2, -0.15) is 0 Å². The molecule has 3 heteroatoms. The van der Waals surface area contributed by atoms with Crippen molar-refractivity contribution in [1.82, 2.24) is 0 Å². The zero-order chi connectivity index (χ0) is 9.68. The molecular formula is C10H13BrO2. The number of ether oxygens (including phenoxy) is 2. The molecule has 1 rings (SSSR count). The standard InChI is InChI=1S/C10H13BrO2/c1-8(12-2)7-13-10-5-3-4-9(11)6-10/h3-6,8H,7H2,1-2H3. The van der Waals surface area contributed by atoms with Gasteiger partial charge in [-0.1, -0.05) is 22.0 Å². The van der Waals surface area contributed by atoms with Crippen LogP contribution in [-0.2, 0) is 4.74 Å². The molecule has 0 bridgehead atoms. The van der Waals surface area contributed by atoms with E-state index < -0.39 is 0 Å². The SMILES string of the molecule is COC(C)COc1cccc(Br)c1. The van der Waals surface area contributed by atoms with E-state index in [9.17, 15) is 0 Å². The second kappa shape index (κ2) is 5.25. The van der Waals surface area contributed by atoms with Crippen LogP contribution >= 0.6 is 15.9 Å². The third-order valence-electron chi connectivity index (χ3n) is 1.68. The Bertz CT molecular complexity index is 263. The summed E-state index contributed by atoms with van der Waals surface area (Å²) in [6.07, 6.45) is 0.124. The monoisotopic (exact) mass is 244 g/mol. The van der Waals surface area contributed by atoms with E-state index in [0.717, 1.165) is 10.2 Å². The van der Waals surface area contributed by atoms with Gasteiger partial charge < -0.3 is 9.47 Å². The average molecular weight is 245 g/mol. The van der Waals surface area contributed by atoms with E-state index in [-0.39, 0.29) is 6.10 Å². The molecule has 0 aromatic heterocycles. The molecule has 1 unspecified atom stereocenters. The topological polar surface area (TPSA) is 18.5 Å². The van der Waals surface area contributed by atoms with E-state index in [1.165, 1.54) is 0 Å². The smallest absolute Gasteiger partial charge is 0.120 e. The van der Waals surface area contributed by atoms with Crippen LogP contribution in [-0.4, -0.2) is 19.8 Å².